The van der Waals surface area contributed by atoms with Crippen molar-refractivity contribution in [2.45, 2.75) is 6.92 Å². The Morgan fingerprint density at radius 3 is 2.36 bits per heavy atom. The molecule has 0 aromatic heterocycles. The molecule has 132 valence electrons. The van der Waals surface area contributed by atoms with Crippen molar-refractivity contribution in [2.75, 3.05) is 26.6 Å². The number of ether oxygens (including phenoxy) is 3. The van der Waals surface area contributed by atoms with Crippen molar-refractivity contribution in [3.63, 3.8) is 0 Å². The summed E-state index contributed by atoms with van der Waals surface area (Å²) in [5.74, 6) is 1.63. The lowest BCUT2D eigenvalue weighted by atomic mass is 10.2. The predicted molar refractivity (Wildman–Crippen MR) is 104 cm³/mol. The molecule has 2 rings (SSSR count). The summed E-state index contributed by atoms with van der Waals surface area (Å²) in [5, 5.41) is 7.64. The summed E-state index contributed by atoms with van der Waals surface area (Å²) in [6.45, 7) is 2.00. The Kier molecular flexibility index (Phi) is 6.59. The van der Waals surface area contributed by atoms with Crippen LogP contribution in [0.4, 0.5) is 5.69 Å². The van der Waals surface area contributed by atoms with E-state index in [9.17, 15) is 0 Å². The number of para-hydroxylation sites is 1. The van der Waals surface area contributed by atoms with Crippen LogP contribution in [-0.4, -0.2) is 32.7 Å². The zero-order valence-electron chi connectivity index (χ0n) is 14.6. The number of rotatable bonds is 6. The minimum Gasteiger partial charge on any atom is -0.493 e. The number of hydrogen-bond acceptors (Lipinski definition) is 5. The first-order chi connectivity index (χ1) is 12.1. The maximum atomic E-state index is 5.41. The molecule has 0 bridgehead atoms. The lowest BCUT2D eigenvalue weighted by molar-refractivity contribution is 0.324. The van der Waals surface area contributed by atoms with Crippen LogP contribution in [0.3, 0.4) is 0 Å². The lowest BCUT2D eigenvalue weighted by Crippen LogP contribution is -2.24. The molecule has 0 radical (unpaired) electrons. The highest BCUT2D eigenvalue weighted by atomic mass is 32.1. The fourth-order valence-corrected chi connectivity index (χ4v) is 2.41. The van der Waals surface area contributed by atoms with E-state index >= 15 is 0 Å². The molecule has 0 atom stereocenters. The summed E-state index contributed by atoms with van der Waals surface area (Å²) < 4.78 is 16.0. The van der Waals surface area contributed by atoms with Crippen molar-refractivity contribution in [3.8, 4) is 17.2 Å². The third-order valence-corrected chi connectivity index (χ3v) is 3.69. The number of benzene rings is 2. The van der Waals surface area contributed by atoms with Gasteiger partial charge in [-0.05, 0) is 42.9 Å². The molecule has 25 heavy (non-hydrogen) atoms. The van der Waals surface area contributed by atoms with E-state index in [0.717, 1.165) is 16.8 Å². The second-order valence-corrected chi connectivity index (χ2v) is 5.47. The van der Waals surface area contributed by atoms with Gasteiger partial charge < -0.3 is 19.5 Å². The Morgan fingerprint density at radius 1 is 1.00 bits per heavy atom. The maximum Gasteiger partial charge on any atom is 0.203 e. The molecule has 0 aliphatic rings. The summed E-state index contributed by atoms with van der Waals surface area (Å²) in [4.78, 5) is 0. The van der Waals surface area contributed by atoms with Crippen molar-refractivity contribution in [2.24, 2.45) is 5.10 Å². The molecule has 0 saturated carbocycles. The van der Waals surface area contributed by atoms with E-state index in [2.05, 4.69) is 15.8 Å². The second kappa shape index (κ2) is 8.89. The number of nitrogens with zero attached hydrogens (tertiary/aromatic N) is 1. The van der Waals surface area contributed by atoms with Gasteiger partial charge in [0.15, 0.2) is 16.6 Å². The SMILES string of the molecule is COc1ccc(/C=N\NC(=S)Nc2ccccc2C)c(OC)c1OC. The van der Waals surface area contributed by atoms with Crippen LogP contribution in [0.2, 0.25) is 0 Å². The van der Waals surface area contributed by atoms with E-state index < -0.39 is 0 Å². The number of methoxy groups -OCH3 is 3. The first-order valence-electron chi connectivity index (χ1n) is 7.55. The van der Waals surface area contributed by atoms with Crippen LogP contribution < -0.4 is 25.0 Å². The molecule has 2 aromatic carbocycles. The largest absolute Gasteiger partial charge is 0.493 e. The van der Waals surface area contributed by atoms with Gasteiger partial charge in [-0.15, -0.1) is 0 Å². The van der Waals surface area contributed by atoms with Crippen molar-refractivity contribution in [1.29, 1.82) is 0 Å². The van der Waals surface area contributed by atoms with Gasteiger partial charge in [0.1, 0.15) is 0 Å². The quantitative estimate of drug-likeness (QED) is 0.469. The normalized spacial score (nSPS) is 10.4. The average Bonchev–Trinajstić information content (AvgIpc) is 2.62. The van der Waals surface area contributed by atoms with E-state index in [1.165, 1.54) is 0 Å². The number of hydrazone groups is 1. The zero-order valence-corrected chi connectivity index (χ0v) is 15.4. The topological polar surface area (TPSA) is 64.1 Å². The molecule has 6 nitrogen and oxygen atoms in total. The summed E-state index contributed by atoms with van der Waals surface area (Å²) in [6, 6.07) is 11.5. The Morgan fingerprint density at radius 2 is 1.72 bits per heavy atom. The van der Waals surface area contributed by atoms with E-state index in [4.69, 9.17) is 26.4 Å². The van der Waals surface area contributed by atoms with Gasteiger partial charge in [0.2, 0.25) is 5.75 Å². The highest BCUT2D eigenvalue weighted by Crippen LogP contribution is 2.38. The van der Waals surface area contributed by atoms with Gasteiger partial charge in [-0.25, -0.2) is 0 Å². The van der Waals surface area contributed by atoms with Crippen LogP contribution >= 0.6 is 12.2 Å². The monoisotopic (exact) mass is 359 g/mol. The van der Waals surface area contributed by atoms with Crippen LogP contribution in [0.5, 0.6) is 17.2 Å². The highest BCUT2D eigenvalue weighted by molar-refractivity contribution is 7.80. The van der Waals surface area contributed by atoms with Gasteiger partial charge in [0.25, 0.3) is 0 Å². The molecule has 0 aliphatic heterocycles. The molecule has 7 heteroatoms. The third-order valence-electron chi connectivity index (χ3n) is 3.50. The Bertz CT molecular complexity index is 778. The van der Waals surface area contributed by atoms with Gasteiger partial charge in [-0.1, -0.05) is 18.2 Å². The van der Waals surface area contributed by atoms with Gasteiger partial charge in [0.05, 0.1) is 27.5 Å². The lowest BCUT2D eigenvalue weighted by Gasteiger charge is -2.14. The predicted octanol–water partition coefficient (Wildman–Crippen LogP) is 3.34. The fourth-order valence-electron chi connectivity index (χ4n) is 2.25. The van der Waals surface area contributed by atoms with E-state index in [1.807, 2.05) is 37.3 Å². The van der Waals surface area contributed by atoms with Crippen molar-refractivity contribution < 1.29 is 14.2 Å². The van der Waals surface area contributed by atoms with E-state index in [-0.39, 0.29) is 0 Å². The molecule has 0 heterocycles. The van der Waals surface area contributed by atoms with Gasteiger partial charge >= 0.3 is 0 Å². The minimum atomic E-state index is 0.394. The molecular weight excluding hydrogens is 338 g/mol. The summed E-state index contributed by atoms with van der Waals surface area (Å²) in [7, 11) is 4.69. The fraction of sp³-hybridized carbons (Fsp3) is 0.222. The van der Waals surface area contributed by atoms with Gasteiger partial charge in [0, 0.05) is 11.3 Å². The molecule has 0 amide bonds. The maximum absolute atomic E-state index is 5.41. The van der Waals surface area contributed by atoms with Crippen LogP contribution in [-0.2, 0) is 0 Å². The van der Waals surface area contributed by atoms with Crippen LogP contribution in [0, 0.1) is 6.92 Å². The van der Waals surface area contributed by atoms with Crippen molar-refractivity contribution in [3.05, 3.63) is 47.5 Å². The minimum absolute atomic E-state index is 0.394. The number of aryl methyl sites for hydroxylation is 1. The molecular formula is C18H21N3O3S. The summed E-state index contributed by atoms with van der Waals surface area (Å²) in [5.41, 5.74) is 5.54. The van der Waals surface area contributed by atoms with Gasteiger partial charge in [-0.2, -0.15) is 5.10 Å². The number of hydrogen-bond donors (Lipinski definition) is 2. The number of nitrogens with one attached hydrogen (secondary N) is 2. The Balaban J connectivity index is 2.09. The molecule has 2 N–H and O–H groups in total. The Hall–Kier alpha value is -2.80. The number of thiocarbonyl (C=S) groups is 1. The zero-order chi connectivity index (χ0) is 18.2. The molecule has 0 spiro atoms. The van der Waals surface area contributed by atoms with Crippen LogP contribution in [0.25, 0.3) is 0 Å². The van der Waals surface area contributed by atoms with Gasteiger partial charge in [-0.3, -0.25) is 5.43 Å². The standard InChI is InChI=1S/C18H21N3O3S/c1-12-7-5-6-8-14(12)20-18(25)21-19-11-13-9-10-15(22-2)17(24-4)16(13)23-3/h5-11H,1-4H3,(H2,20,21,25)/b19-11-. The molecule has 0 saturated heterocycles. The van der Waals surface area contributed by atoms with Crippen molar-refractivity contribution >= 4 is 29.2 Å². The smallest absolute Gasteiger partial charge is 0.203 e. The number of anilines is 1. The summed E-state index contributed by atoms with van der Waals surface area (Å²) >= 11 is 5.25. The Labute approximate surface area is 152 Å². The van der Waals surface area contributed by atoms with Crippen LogP contribution in [0.15, 0.2) is 41.5 Å². The second-order valence-electron chi connectivity index (χ2n) is 5.06. The van der Waals surface area contributed by atoms with E-state index in [1.54, 1.807) is 33.6 Å². The molecule has 2 aromatic rings. The van der Waals surface area contributed by atoms with Crippen LogP contribution in [0.1, 0.15) is 11.1 Å². The first kappa shape index (κ1) is 18.5. The third kappa shape index (κ3) is 4.60. The summed E-state index contributed by atoms with van der Waals surface area (Å²) in [6.07, 6.45) is 1.60. The molecule has 0 aliphatic carbocycles. The average molecular weight is 359 g/mol. The van der Waals surface area contributed by atoms with E-state index in [0.29, 0.717) is 22.4 Å². The molecule has 0 unspecified atom stereocenters. The first-order valence-corrected chi connectivity index (χ1v) is 7.96. The molecule has 0 fully saturated rings. The highest BCUT2D eigenvalue weighted by Gasteiger charge is 2.14. The van der Waals surface area contributed by atoms with Crippen molar-refractivity contribution in [1.82, 2.24) is 5.43 Å².